The average molecular weight is 347 g/mol. The predicted molar refractivity (Wildman–Crippen MR) is 91.7 cm³/mol. The lowest BCUT2D eigenvalue weighted by molar-refractivity contribution is -0.142. The summed E-state index contributed by atoms with van der Waals surface area (Å²) in [5.41, 5.74) is 2.31. The van der Waals surface area contributed by atoms with E-state index >= 15 is 0 Å². The molecule has 1 aromatic carbocycles. The van der Waals surface area contributed by atoms with Gasteiger partial charge in [-0.15, -0.1) is 0 Å². The van der Waals surface area contributed by atoms with Crippen molar-refractivity contribution < 1.29 is 23.8 Å². The van der Waals surface area contributed by atoms with Gasteiger partial charge in [-0.3, -0.25) is 9.59 Å². The SMILES string of the molecule is COC(=O)CC[C@H]1CCC(=O)N2CCc3cc(OC)c(OC)cc3[C@@H]12. The molecule has 136 valence electrons. The Morgan fingerprint density at radius 2 is 1.88 bits per heavy atom. The molecule has 6 nitrogen and oxygen atoms in total. The number of carbonyl (C=O) groups is 2. The molecule has 0 aliphatic carbocycles. The Morgan fingerprint density at radius 3 is 2.56 bits per heavy atom. The molecule has 1 aromatic rings. The first kappa shape index (κ1) is 17.6. The lowest BCUT2D eigenvalue weighted by Gasteiger charge is -2.45. The normalized spacial score (nSPS) is 22.0. The van der Waals surface area contributed by atoms with Crippen molar-refractivity contribution in [1.29, 1.82) is 0 Å². The first-order valence-electron chi connectivity index (χ1n) is 8.70. The number of hydrogen-bond acceptors (Lipinski definition) is 5. The number of nitrogens with zero attached hydrogens (tertiary/aromatic N) is 1. The van der Waals surface area contributed by atoms with Gasteiger partial charge in [0.25, 0.3) is 0 Å². The molecule has 6 heteroatoms. The number of methoxy groups -OCH3 is 3. The summed E-state index contributed by atoms with van der Waals surface area (Å²) in [5.74, 6) is 1.62. The first-order valence-corrected chi connectivity index (χ1v) is 8.70. The van der Waals surface area contributed by atoms with E-state index in [0.29, 0.717) is 30.9 Å². The summed E-state index contributed by atoms with van der Waals surface area (Å²) >= 11 is 0. The van der Waals surface area contributed by atoms with Gasteiger partial charge in [0.15, 0.2) is 11.5 Å². The fourth-order valence-corrected chi connectivity index (χ4v) is 4.08. The second-order valence-corrected chi connectivity index (χ2v) is 6.60. The molecule has 0 saturated carbocycles. The van der Waals surface area contributed by atoms with E-state index in [1.54, 1.807) is 14.2 Å². The molecule has 2 heterocycles. The molecule has 2 aliphatic rings. The zero-order valence-electron chi connectivity index (χ0n) is 15.0. The van der Waals surface area contributed by atoms with Crippen molar-refractivity contribution in [2.45, 2.75) is 38.1 Å². The maximum Gasteiger partial charge on any atom is 0.305 e. The number of benzene rings is 1. The highest BCUT2D eigenvalue weighted by atomic mass is 16.5. The van der Waals surface area contributed by atoms with Crippen molar-refractivity contribution in [2.75, 3.05) is 27.9 Å². The van der Waals surface area contributed by atoms with Crippen LogP contribution in [0.3, 0.4) is 0 Å². The summed E-state index contributed by atoms with van der Waals surface area (Å²) in [6, 6.07) is 4.01. The monoisotopic (exact) mass is 347 g/mol. The van der Waals surface area contributed by atoms with Crippen LogP contribution in [0.5, 0.6) is 11.5 Å². The molecule has 1 fully saturated rings. The highest BCUT2D eigenvalue weighted by Crippen LogP contribution is 2.46. The molecule has 0 spiro atoms. The topological polar surface area (TPSA) is 65.1 Å². The standard InChI is InChI=1S/C19H25NO5/c1-23-15-10-13-8-9-20-17(21)6-4-12(5-7-18(22)25-3)19(20)14(13)11-16(15)24-2/h10-12,19H,4-9H2,1-3H3/t12-,19-/m1/s1. The van der Waals surface area contributed by atoms with E-state index in [0.717, 1.165) is 24.8 Å². The van der Waals surface area contributed by atoms with Crippen molar-refractivity contribution in [3.8, 4) is 11.5 Å². The maximum atomic E-state index is 12.4. The minimum Gasteiger partial charge on any atom is -0.493 e. The quantitative estimate of drug-likeness (QED) is 0.766. The van der Waals surface area contributed by atoms with Crippen molar-refractivity contribution in [3.05, 3.63) is 23.3 Å². The molecule has 0 unspecified atom stereocenters. The molecule has 2 atom stereocenters. The van der Waals surface area contributed by atoms with Crippen LogP contribution < -0.4 is 9.47 Å². The van der Waals surface area contributed by atoms with Crippen molar-refractivity contribution in [2.24, 2.45) is 5.92 Å². The number of esters is 1. The van der Waals surface area contributed by atoms with E-state index in [-0.39, 0.29) is 23.8 Å². The Hall–Kier alpha value is -2.24. The van der Waals surface area contributed by atoms with Crippen LogP contribution in [0.1, 0.15) is 42.9 Å². The highest BCUT2D eigenvalue weighted by Gasteiger charge is 2.40. The number of piperidine rings is 1. The largest absolute Gasteiger partial charge is 0.493 e. The van der Waals surface area contributed by atoms with Gasteiger partial charge in [-0.25, -0.2) is 0 Å². The molecule has 1 saturated heterocycles. The zero-order chi connectivity index (χ0) is 18.0. The Kier molecular flexibility index (Phi) is 5.16. The van der Waals surface area contributed by atoms with Crippen LogP contribution in [-0.4, -0.2) is 44.7 Å². The number of hydrogen-bond donors (Lipinski definition) is 0. The lowest BCUT2D eigenvalue weighted by atomic mass is 9.77. The van der Waals surface area contributed by atoms with Crippen molar-refractivity contribution in [1.82, 2.24) is 4.90 Å². The molecule has 3 rings (SSSR count). The predicted octanol–water partition coefficient (Wildman–Crippen LogP) is 2.49. The second kappa shape index (κ2) is 7.33. The summed E-state index contributed by atoms with van der Waals surface area (Å²) in [7, 11) is 4.65. The molecule has 1 amide bonds. The van der Waals surface area contributed by atoms with E-state index in [1.165, 1.54) is 12.7 Å². The molecular formula is C19H25NO5. The molecule has 0 aromatic heterocycles. The Labute approximate surface area is 148 Å². The fourth-order valence-electron chi connectivity index (χ4n) is 4.08. The van der Waals surface area contributed by atoms with Gasteiger partial charge in [0.2, 0.25) is 5.91 Å². The number of amides is 1. The third-order valence-electron chi connectivity index (χ3n) is 5.36. The van der Waals surface area contributed by atoms with Crippen LogP contribution >= 0.6 is 0 Å². The van der Waals surface area contributed by atoms with E-state index in [1.807, 2.05) is 17.0 Å². The molecule has 0 radical (unpaired) electrons. The first-order chi connectivity index (χ1) is 12.1. The van der Waals surface area contributed by atoms with E-state index in [4.69, 9.17) is 14.2 Å². The third-order valence-corrected chi connectivity index (χ3v) is 5.36. The molecule has 0 N–H and O–H groups in total. The molecule has 2 aliphatic heterocycles. The average Bonchev–Trinajstić information content (AvgIpc) is 2.65. The van der Waals surface area contributed by atoms with Crippen LogP contribution in [0.25, 0.3) is 0 Å². The Morgan fingerprint density at radius 1 is 1.16 bits per heavy atom. The van der Waals surface area contributed by atoms with E-state index in [9.17, 15) is 9.59 Å². The minimum atomic E-state index is -0.202. The smallest absolute Gasteiger partial charge is 0.305 e. The van der Waals surface area contributed by atoms with Gasteiger partial charge < -0.3 is 19.1 Å². The van der Waals surface area contributed by atoms with Gasteiger partial charge in [-0.05, 0) is 48.4 Å². The van der Waals surface area contributed by atoms with E-state index < -0.39 is 0 Å². The zero-order valence-corrected chi connectivity index (χ0v) is 15.0. The van der Waals surface area contributed by atoms with Crippen LogP contribution in [0.4, 0.5) is 0 Å². The van der Waals surface area contributed by atoms with Crippen molar-refractivity contribution in [3.63, 3.8) is 0 Å². The molecular weight excluding hydrogens is 322 g/mol. The Bertz CT molecular complexity index is 672. The van der Waals surface area contributed by atoms with Gasteiger partial charge in [0.1, 0.15) is 0 Å². The number of ether oxygens (including phenoxy) is 3. The fraction of sp³-hybridized carbons (Fsp3) is 0.579. The highest BCUT2D eigenvalue weighted by molar-refractivity contribution is 5.78. The molecule has 0 bridgehead atoms. The van der Waals surface area contributed by atoms with Gasteiger partial charge in [0.05, 0.1) is 27.4 Å². The summed E-state index contributed by atoms with van der Waals surface area (Å²) < 4.78 is 15.6. The Balaban J connectivity index is 1.95. The number of fused-ring (bicyclic) bond motifs is 3. The van der Waals surface area contributed by atoms with Crippen molar-refractivity contribution >= 4 is 11.9 Å². The summed E-state index contributed by atoms with van der Waals surface area (Å²) in [5, 5.41) is 0. The molecule has 25 heavy (non-hydrogen) atoms. The van der Waals surface area contributed by atoms with Gasteiger partial charge in [-0.1, -0.05) is 0 Å². The summed E-state index contributed by atoms with van der Waals surface area (Å²) in [6.45, 7) is 0.709. The number of carbonyl (C=O) groups excluding carboxylic acids is 2. The second-order valence-electron chi connectivity index (χ2n) is 6.60. The summed E-state index contributed by atoms with van der Waals surface area (Å²) in [6.07, 6.45) is 3.24. The maximum absolute atomic E-state index is 12.4. The van der Waals surface area contributed by atoms with Crippen LogP contribution in [0.15, 0.2) is 12.1 Å². The minimum absolute atomic E-state index is 0.00513. The number of rotatable bonds is 5. The van der Waals surface area contributed by atoms with Gasteiger partial charge in [0, 0.05) is 19.4 Å². The van der Waals surface area contributed by atoms with Gasteiger partial charge >= 0.3 is 5.97 Å². The lowest BCUT2D eigenvalue weighted by Crippen LogP contribution is -2.46. The van der Waals surface area contributed by atoms with Crippen LogP contribution in [0, 0.1) is 5.92 Å². The van der Waals surface area contributed by atoms with Gasteiger partial charge in [-0.2, -0.15) is 0 Å². The third kappa shape index (κ3) is 3.30. The van der Waals surface area contributed by atoms with Crippen LogP contribution in [-0.2, 0) is 20.7 Å². The van der Waals surface area contributed by atoms with E-state index in [2.05, 4.69) is 0 Å². The summed E-state index contributed by atoms with van der Waals surface area (Å²) in [4.78, 5) is 26.0. The van der Waals surface area contributed by atoms with Crippen LogP contribution in [0.2, 0.25) is 0 Å².